The average molecular weight is 326 g/mol. The van der Waals surface area contributed by atoms with Crippen molar-refractivity contribution in [1.82, 2.24) is 4.90 Å². The third kappa shape index (κ3) is 3.15. The number of nitrogens with zero attached hydrogens (tertiary/aromatic N) is 2. The predicted molar refractivity (Wildman–Crippen MR) is 90.4 cm³/mol. The molecule has 0 aromatic heterocycles. The fraction of sp³-hybridized carbons (Fsp3) is 0.263. The van der Waals surface area contributed by atoms with Gasteiger partial charge in [0.1, 0.15) is 6.54 Å². The van der Waals surface area contributed by atoms with E-state index in [1.54, 1.807) is 35.2 Å². The van der Waals surface area contributed by atoms with E-state index < -0.39 is 12.1 Å². The number of piperazine rings is 1. The molecule has 4 nitrogen and oxygen atoms in total. The van der Waals surface area contributed by atoms with Crippen LogP contribution in [0.5, 0.6) is 0 Å². The fourth-order valence-corrected chi connectivity index (χ4v) is 2.91. The number of rotatable bonds is 3. The van der Waals surface area contributed by atoms with E-state index in [0.29, 0.717) is 18.7 Å². The summed E-state index contributed by atoms with van der Waals surface area (Å²) in [5.41, 5.74) is 2.16. The Bertz CT molecular complexity index is 748. The van der Waals surface area contributed by atoms with E-state index >= 15 is 0 Å². The molecular formula is C19H19FN2O2. The first-order chi connectivity index (χ1) is 11.6. The third-order valence-corrected chi connectivity index (χ3v) is 4.25. The number of carbonyl (C=O) groups is 2. The highest BCUT2D eigenvalue weighted by atomic mass is 19.1. The zero-order chi connectivity index (χ0) is 17.1. The number of hydrogen-bond acceptors (Lipinski definition) is 2. The molecule has 2 amide bonds. The van der Waals surface area contributed by atoms with Crippen LogP contribution in [-0.4, -0.2) is 36.3 Å². The number of benzene rings is 2. The van der Waals surface area contributed by atoms with E-state index in [-0.39, 0.29) is 12.5 Å². The van der Waals surface area contributed by atoms with Gasteiger partial charge in [0.15, 0.2) is 0 Å². The number of amides is 2. The van der Waals surface area contributed by atoms with Crippen molar-refractivity contribution < 1.29 is 14.0 Å². The number of para-hydroxylation sites is 1. The second kappa shape index (κ2) is 6.83. The molecule has 3 rings (SSSR count). The normalized spacial score (nSPS) is 16.2. The summed E-state index contributed by atoms with van der Waals surface area (Å²) in [7, 11) is 0. The number of hydrogen-bond donors (Lipinski definition) is 0. The van der Waals surface area contributed by atoms with Crippen molar-refractivity contribution in [2.45, 2.75) is 13.1 Å². The van der Waals surface area contributed by atoms with Crippen molar-refractivity contribution >= 4 is 17.5 Å². The number of anilines is 1. The number of alkyl halides is 1. The largest absolute Gasteiger partial charge is 0.329 e. The molecule has 5 heteroatoms. The van der Waals surface area contributed by atoms with Crippen LogP contribution in [0, 0.1) is 6.92 Å². The summed E-state index contributed by atoms with van der Waals surface area (Å²) >= 11 is 0. The lowest BCUT2D eigenvalue weighted by molar-refractivity contribution is -0.141. The minimum atomic E-state index is -1.73. The quantitative estimate of drug-likeness (QED) is 0.870. The molecule has 0 radical (unpaired) electrons. The lowest BCUT2D eigenvalue weighted by atomic mass is 10.1. The molecule has 1 fully saturated rings. The maximum atomic E-state index is 14.4. The van der Waals surface area contributed by atoms with E-state index in [1.165, 1.54) is 4.90 Å². The highest BCUT2D eigenvalue weighted by Gasteiger charge is 2.32. The summed E-state index contributed by atoms with van der Waals surface area (Å²) in [4.78, 5) is 27.7. The minimum Gasteiger partial charge on any atom is -0.329 e. The predicted octanol–water partition coefficient (Wildman–Crippen LogP) is 2.88. The number of aryl methyl sites for hydroxylation is 1. The van der Waals surface area contributed by atoms with Crippen molar-refractivity contribution in [2.24, 2.45) is 0 Å². The smallest absolute Gasteiger partial charge is 0.262 e. The van der Waals surface area contributed by atoms with Crippen molar-refractivity contribution in [3.05, 3.63) is 65.7 Å². The Labute approximate surface area is 140 Å². The Morgan fingerprint density at radius 1 is 1.04 bits per heavy atom. The van der Waals surface area contributed by atoms with Gasteiger partial charge in [0.05, 0.1) is 0 Å². The third-order valence-electron chi connectivity index (χ3n) is 4.25. The highest BCUT2D eigenvalue weighted by Crippen LogP contribution is 2.24. The monoisotopic (exact) mass is 326 g/mol. The van der Waals surface area contributed by atoms with Crippen molar-refractivity contribution in [3.63, 3.8) is 0 Å². The minimum absolute atomic E-state index is 0.0968. The van der Waals surface area contributed by atoms with Gasteiger partial charge in [-0.15, -0.1) is 0 Å². The van der Waals surface area contributed by atoms with Gasteiger partial charge in [-0.25, -0.2) is 4.39 Å². The number of halogens is 1. The first-order valence-electron chi connectivity index (χ1n) is 7.91. The van der Waals surface area contributed by atoms with Crippen LogP contribution in [0.2, 0.25) is 0 Å². The van der Waals surface area contributed by atoms with E-state index in [4.69, 9.17) is 0 Å². The lowest BCUT2D eigenvalue weighted by Crippen LogP contribution is -2.53. The van der Waals surface area contributed by atoms with Crippen molar-refractivity contribution in [3.8, 4) is 0 Å². The molecule has 0 bridgehead atoms. The molecule has 0 N–H and O–H groups in total. The van der Waals surface area contributed by atoms with Gasteiger partial charge in [-0.2, -0.15) is 0 Å². The van der Waals surface area contributed by atoms with Gasteiger partial charge < -0.3 is 9.80 Å². The summed E-state index contributed by atoms with van der Waals surface area (Å²) in [6.45, 7) is 2.54. The molecule has 1 saturated heterocycles. The van der Waals surface area contributed by atoms with E-state index in [2.05, 4.69) is 0 Å². The summed E-state index contributed by atoms with van der Waals surface area (Å²) in [6.07, 6.45) is -1.73. The van der Waals surface area contributed by atoms with Crippen LogP contribution in [0.3, 0.4) is 0 Å². The molecule has 124 valence electrons. The van der Waals surface area contributed by atoms with Gasteiger partial charge in [-0.05, 0) is 24.1 Å². The Hall–Kier alpha value is -2.69. The molecule has 1 aliphatic rings. The summed E-state index contributed by atoms with van der Waals surface area (Å²) in [5.74, 6) is -0.844. The summed E-state index contributed by atoms with van der Waals surface area (Å²) in [6, 6.07) is 15.9. The van der Waals surface area contributed by atoms with Gasteiger partial charge in [0, 0.05) is 18.8 Å². The first kappa shape index (κ1) is 16.2. The van der Waals surface area contributed by atoms with Crippen LogP contribution in [0.25, 0.3) is 0 Å². The number of carbonyl (C=O) groups excluding carboxylic acids is 2. The molecular weight excluding hydrogens is 307 g/mol. The summed E-state index contributed by atoms with van der Waals surface area (Å²) < 4.78 is 14.4. The van der Waals surface area contributed by atoms with E-state index in [0.717, 1.165) is 11.3 Å². The van der Waals surface area contributed by atoms with Crippen LogP contribution in [-0.2, 0) is 9.59 Å². The fourth-order valence-electron chi connectivity index (χ4n) is 2.91. The van der Waals surface area contributed by atoms with Gasteiger partial charge >= 0.3 is 0 Å². The average Bonchev–Trinajstić information content (AvgIpc) is 2.62. The van der Waals surface area contributed by atoms with Gasteiger partial charge in [-0.1, -0.05) is 48.5 Å². The van der Waals surface area contributed by atoms with Crippen LogP contribution in [0.1, 0.15) is 17.3 Å². The molecule has 2 aromatic carbocycles. The zero-order valence-electron chi connectivity index (χ0n) is 13.5. The van der Waals surface area contributed by atoms with Crippen molar-refractivity contribution in [2.75, 3.05) is 24.5 Å². The molecule has 1 aliphatic heterocycles. The lowest BCUT2D eigenvalue weighted by Gasteiger charge is -2.35. The molecule has 1 heterocycles. The second-order valence-corrected chi connectivity index (χ2v) is 5.86. The Morgan fingerprint density at radius 2 is 1.71 bits per heavy atom. The van der Waals surface area contributed by atoms with E-state index in [9.17, 15) is 14.0 Å². The Morgan fingerprint density at radius 3 is 2.38 bits per heavy atom. The van der Waals surface area contributed by atoms with Crippen LogP contribution in [0.15, 0.2) is 54.6 Å². The maximum Gasteiger partial charge on any atom is 0.262 e. The second-order valence-electron chi connectivity index (χ2n) is 5.86. The molecule has 0 spiro atoms. The SMILES string of the molecule is Cc1ccccc1N1CCN(C(=O)C(F)c2ccccc2)CC1=O. The maximum absolute atomic E-state index is 14.4. The van der Waals surface area contributed by atoms with Crippen molar-refractivity contribution in [1.29, 1.82) is 0 Å². The molecule has 2 aromatic rings. The van der Waals surface area contributed by atoms with Crippen LogP contribution < -0.4 is 4.90 Å². The Kier molecular flexibility index (Phi) is 4.60. The molecule has 1 atom stereocenters. The topological polar surface area (TPSA) is 40.6 Å². The van der Waals surface area contributed by atoms with Gasteiger partial charge in [-0.3, -0.25) is 9.59 Å². The molecule has 1 unspecified atom stereocenters. The van der Waals surface area contributed by atoms with Gasteiger partial charge in [0.2, 0.25) is 12.1 Å². The first-order valence-corrected chi connectivity index (χ1v) is 7.91. The van der Waals surface area contributed by atoms with Crippen LogP contribution in [0.4, 0.5) is 10.1 Å². The molecule has 0 aliphatic carbocycles. The zero-order valence-corrected chi connectivity index (χ0v) is 13.5. The standard InChI is InChI=1S/C19H19FN2O2/c1-14-7-5-6-10-16(14)22-12-11-21(13-17(22)23)19(24)18(20)15-8-3-2-4-9-15/h2-10,18H,11-13H2,1H3. The van der Waals surface area contributed by atoms with Crippen LogP contribution >= 0.6 is 0 Å². The summed E-state index contributed by atoms with van der Waals surface area (Å²) in [5, 5.41) is 0. The molecule has 0 saturated carbocycles. The molecule has 24 heavy (non-hydrogen) atoms. The Balaban J connectivity index is 1.70. The van der Waals surface area contributed by atoms with E-state index in [1.807, 2.05) is 31.2 Å². The highest BCUT2D eigenvalue weighted by molar-refractivity contribution is 5.99. The van der Waals surface area contributed by atoms with Gasteiger partial charge in [0.25, 0.3) is 5.91 Å².